The topological polar surface area (TPSA) is 65.4 Å². The Kier molecular flexibility index (Phi) is 6.32. The third kappa shape index (κ3) is 4.71. The van der Waals surface area contributed by atoms with Gasteiger partial charge in [-0.3, -0.25) is 9.48 Å². The van der Waals surface area contributed by atoms with Crippen molar-refractivity contribution in [3.8, 4) is 11.5 Å². The van der Waals surface area contributed by atoms with E-state index in [0.717, 1.165) is 35.0 Å². The minimum absolute atomic E-state index is 0.165. The highest BCUT2D eigenvalue weighted by atomic mass is 16.5. The highest BCUT2D eigenvalue weighted by molar-refractivity contribution is 6.04. The predicted octanol–water partition coefficient (Wildman–Crippen LogP) is 4.44. The molecule has 0 aliphatic carbocycles. The molecule has 0 aliphatic heterocycles. The largest absolute Gasteiger partial charge is 0.494 e. The zero-order valence-electron chi connectivity index (χ0n) is 16.4. The first-order valence-electron chi connectivity index (χ1n) is 9.39. The molecule has 0 aliphatic rings. The maximum Gasteiger partial charge on any atom is 0.255 e. The van der Waals surface area contributed by atoms with Crippen LogP contribution in [0.15, 0.2) is 54.7 Å². The van der Waals surface area contributed by atoms with Crippen LogP contribution in [0, 0.1) is 6.92 Å². The van der Waals surface area contributed by atoms with Crippen LogP contribution >= 0.6 is 0 Å². The summed E-state index contributed by atoms with van der Waals surface area (Å²) in [6.07, 6.45) is 1.68. The van der Waals surface area contributed by atoms with Crippen LogP contribution in [0.1, 0.15) is 35.5 Å². The van der Waals surface area contributed by atoms with Crippen LogP contribution in [-0.2, 0) is 13.2 Å². The zero-order valence-corrected chi connectivity index (χ0v) is 16.4. The summed E-state index contributed by atoms with van der Waals surface area (Å²) in [5.41, 5.74) is 3.16. The number of hydrogen-bond donors (Lipinski definition) is 1. The molecule has 28 heavy (non-hydrogen) atoms. The van der Waals surface area contributed by atoms with Gasteiger partial charge in [-0.1, -0.05) is 12.1 Å². The molecule has 0 fully saturated rings. The van der Waals surface area contributed by atoms with Gasteiger partial charge >= 0.3 is 0 Å². The molecule has 146 valence electrons. The molecule has 0 atom stereocenters. The second kappa shape index (κ2) is 9.08. The summed E-state index contributed by atoms with van der Waals surface area (Å²) in [6, 6.07) is 14.9. The number of aromatic nitrogens is 2. The number of nitrogens with zero attached hydrogens (tertiary/aromatic N) is 2. The maximum absolute atomic E-state index is 12.6. The molecule has 1 amide bonds. The first-order valence-corrected chi connectivity index (χ1v) is 9.39. The fourth-order valence-electron chi connectivity index (χ4n) is 2.85. The Morgan fingerprint density at radius 2 is 1.79 bits per heavy atom. The maximum atomic E-state index is 12.6. The molecule has 3 rings (SSSR count). The van der Waals surface area contributed by atoms with Crippen molar-refractivity contribution in [3.05, 3.63) is 71.5 Å². The highest BCUT2D eigenvalue weighted by Gasteiger charge is 2.11. The van der Waals surface area contributed by atoms with Gasteiger partial charge in [0.25, 0.3) is 5.91 Å². The average Bonchev–Trinajstić information content (AvgIpc) is 3.07. The fraction of sp³-hybridized carbons (Fsp3) is 0.273. The Hall–Kier alpha value is -3.28. The third-order valence-electron chi connectivity index (χ3n) is 4.38. The molecule has 6 heteroatoms. The van der Waals surface area contributed by atoms with E-state index in [1.54, 1.807) is 12.3 Å². The SMILES string of the molecule is CCOc1ccc(OCc2cccc(C(=O)Nc3cnn(CC)c3C)c2)cc1. The van der Waals surface area contributed by atoms with E-state index in [4.69, 9.17) is 9.47 Å². The van der Waals surface area contributed by atoms with Crippen LogP contribution in [-0.4, -0.2) is 22.3 Å². The fourth-order valence-corrected chi connectivity index (χ4v) is 2.85. The second-order valence-corrected chi connectivity index (χ2v) is 6.31. The van der Waals surface area contributed by atoms with Crippen molar-refractivity contribution in [2.24, 2.45) is 0 Å². The van der Waals surface area contributed by atoms with Crippen LogP contribution in [0.3, 0.4) is 0 Å². The van der Waals surface area contributed by atoms with Gasteiger partial charge in [0.15, 0.2) is 0 Å². The van der Waals surface area contributed by atoms with Crippen molar-refractivity contribution < 1.29 is 14.3 Å². The molecule has 2 aromatic carbocycles. The summed E-state index contributed by atoms with van der Waals surface area (Å²) in [6.45, 7) is 7.67. The van der Waals surface area contributed by atoms with E-state index < -0.39 is 0 Å². The molecule has 1 N–H and O–H groups in total. The van der Waals surface area contributed by atoms with Crippen molar-refractivity contribution in [2.75, 3.05) is 11.9 Å². The third-order valence-corrected chi connectivity index (χ3v) is 4.38. The van der Waals surface area contributed by atoms with E-state index in [0.29, 0.717) is 18.8 Å². The number of anilines is 1. The van der Waals surface area contributed by atoms with Crippen LogP contribution in [0.25, 0.3) is 0 Å². The standard InChI is InChI=1S/C22H25N3O3/c1-4-25-16(3)21(14-23-25)24-22(26)18-8-6-7-17(13-18)15-28-20-11-9-19(10-12-20)27-5-2/h6-14H,4-5,15H2,1-3H3,(H,24,26). The smallest absolute Gasteiger partial charge is 0.255 e. The average molecular weight is 379 g/mol. The lowest BCUT2D eigenvalue weighted by Crippen LogP contribution is -2.13. The van der Waals surface area contributed by atoms with Crippen LogP contribution in [0.5, 0.6) is 11.5 Å². The lowest BCUT2D eigenvalue weighted by molar-refractivity contribution is 0.102. The first-order chi connectivity index (χ1) is 13.6. The van der Waals surface area contributed by atoms with Crippen LogP contribution < -0.4 is 14.8 Å². The molecule has 0 spiro atoms. The lowest BCUT2D eigenvalue weighted by atomic mass is 10.1. The second-order valence-electron chi connectivity index (χ2n) is 6.31. The molecule has 6 nitrogen and oxygen atoms in total. The van der Waals surface area contributed by atoms with Gasteiger partial charge < -0.3 is 14.8 Å². The summed E-state index contributed by atoms with van der Waals surface area (Å²) >= 11 is 0. The Morgan fingerprint density at radius 1 is 1.07 bits per heavy atom. The number of hydrogen-bond acceptors (Lipinski definition) is 4. The van der Waals surface area contributed by atoms with Crippen LogP contribution in [0.2, 0.25) is 0 Å². The molecular formula is C22H25N3O3. The van der Waals surface area contributed by atoms with E-state index in [9.17, 15) is 4.79 Å². The lowest BCUT2D eigenvalue weighted by Gasteiger charge is -2.09. The van der Waals surface area contributed by atoms with Crippen molar-refractivity contribution in [3.63, 3.8) is 0 Å². The van der Waals surface area contributed by atoms with Crippen LogP contribution in [0.4, 0.5) is 5.69 Å². The molecule has 0 saturated carbocycles. The van der Waals surface area contributed by atoms with Crippen molar-refractivity contribution in [1.82, 2.24) is 9.78 Å². The number of amides is 1. The minimum Gasteiger partial charge on any atom is -0.494 e. The van der Waals surface area contributed by atoms with E-state index in [1.807, 2.05) is 67.9 Å². The number of carbonyl (C=O) groups is 1. The summed E-state index contributed by atoms with van der Waals surface area (Å²) in [5, 5.41) is 7.18. The van der Waals surface area contributed by atoms with Crippen molar-refractivity contribution in [1.29, 1.82) is 0 Å². The predicted molar refractivity (Wildman–Crippen MR) is 109 cm³/mol. The number of ether oxygens (including phenoxy) is 2. The molecule has 0 unspecified atom stereocenters. The molecule has 0 bridgehead atoms. The van der Waals surface area contributed by atoms with Gasteiger partial charge in [0, 0.05) is 12.1 Å². The first kappa shape index (κ1) is 19.5. The quantitative estimate of drug-likeness (QED) is 0.628. The molecule has 1 heterocycles. The number of nitrogens with one attached hydrogen (secondary N) is 1. The van der Waals surface area contributed by atoms with Gasteiger partial charge in [0.05, 0.1) is 24.2 Å². The normalized spacial score (nSPS) is 10.5. The molecule has 0 saturated heterocycles. The molecule has 3 aromatic rings. The Morgan fingerprint density at radius 3 is 2.43 bits per heavy atom. The Labute approximate surface area is 165 Å². The Bertz CT molecular complexity index is 932. The number of rotatable bonds is 8. The van der Waals surface area contributed by atoms with E-state index >= 15 is 0 Å². The summed E-state index contributed by atoms with van der Waals surface area (Å²) < 4.78 is 13.1. The van der Waals surface area contributed by atoms with Gasteiger partial charge in [0.1, 0.15) is 18.1 Å². The van der Waals surface area contributed by atoms with Gasteiger partial charge in [-0.05, 0) is 62.7 Å². The molecule has 1 aromatic heterocycles. The monoisotopic (exact) mass is 379 g/mol. The zero-order chi connectivity index (χ0) is 19.9. The van der Waals surface area contributed by atoms with E-state index in [1.165, 1.54) is 0 Å². The van der Waals surface area contributed by atoms with Gasteiger partial charge in [-0.25, -0.2) is 0 Å². The number of carbonyl (C=O) groups excluding carboxylic acids is 1. The van der Waals surface area contributed by atoms with Gasteiger partial charge in [-0.15, -0.1) is 0 Å². The summed E-state index contributed by atoms with van der Waals surface area (Å²) in [4.78, 5) is 12.6. The van der Waals surface area contributed by atoms with E-state index in [-0.39, 0.29) is 5.91 Å². The van der Waals surface area contributed by atoms with E-state index in [2.05, 4.69) is 10.4 Å². The molecule has 0 radical (unpaired) electrons. The number of aryl methyl sites for hydroxylation is 1. The number of benzene rings is 2. The van der Waals surface area contributed by atoms with Crippen molar-refractivity contribution >= 4 is 11.6 Å². The van der Waals surface area contributed by atoms with Gasteiger partial charge in [0.2, 0.25) is 0 Å². The van der Waals surface area contributed by atoms with Gasteiger partial charge in [-0.2, -0.15) is 5.10 Å². The summed E-state index contributed by atoms with van der Waals surface area (Å²) in [7, 11) is 0. The highest BCUT2D eigenvalue weighted by Crippen LogP contribution is 2.19. The minimum atomic E-state index is -0.165. The summed E-state index contributed by atoms with van der Waals surface area (Å²) in [5.74, 6) is 1.40. The van der Waals surface area contributed by atoms with Crippen molar-refractivity contribution in [2.45, 2.75) is 33.9 Å². The Balaban J connectivity index is 1.62. The molecular weight excluding hydrogens is 354 g/mol.